The van der Waals surface area contributed by atoms with Crippen molar-refractivity contribution < 1.29 is 4.74 Å². The molecule has 0 amide bonds. The van der Waals surface area contributed by atoms with Gasteiger partial charge in [0.2, 0.25) is 0 Å². The first kappa shape index (κ1) is 13.9. The molecule has 2 unspecified atom stereocenters. The lowest BCUT2D eigenvalue weighted by Gasteiger charge is -2.42. The zero-order valence-electron chi connectivity index (χ0n) is 12.6. The van der Waals surface area contributed by atoms with E-state index in [4.69, 9.17) is 4.74 Å². The molecule has 3 fully saturated rings. The minimum Gasteiger partial charge on any atom is -0.375 e. The Morgan fingerprint density at radius 1 is 1.11 bits per heavy atom. The van der Waals surface area contributed by atoms with Gasteiger partial charge in [-0.1, -0.05) is 38.5 Å². The highest BCUT2D eigenvalue weighted by Crippen LogP contribution is 2.44. The summed E-state index contributed by atoms with van der Waals surface area (Å²) in [4.78, 5) is 0. The summed E-state index contributed by atoms with van der Waals surface area (Å²) in [5.41, 5.74) is 0.285. The van der Waals surface area contributed by atoms with Crippen molar-refractivity contribution in [3.8, 4) is 0 Å². The van der Waals surface area contributed by atoms with E-state index in [0.29, 0.717) is 0 Å². The second-order valence-corrected chi connectivity index (χ2v) is 7.27. The van der Waals surface area contributed by atoms with Crippen molar-refractivity contribution >= 4 is 0 Å². The fourth-order valence-electron chi connectivity index (χ4n) is 4.93. The van der Waals surface area contributed by atoms with Gasteiger partial charge in [0, 0.05) is 12.6 Å². The number of hydrogen-bond acceptors (Lipinski definition) is 2. The van der Waals surface area contributed by atoms with E-state index in [1.54, 1.807) is 0 Å². The van der Waals surface area contributed by atoms with Gasteiger partial charge in [0.1, 0.15) is 0 Å². The van der Waals surface area contributed by atoms with Crippen LogP contribution in [0.25, 0.3) is 0 Å². The Balaban J connectivity index is 1.58. The van der Waals surface area contributed by atoms with Crippen LogP contribution >= 0.6 is 0 Å². The normalized spacial score (nSPS) is 33.0. The molecule has 1 N–H and O–H groups in total. The van der Waals surface area contributed by atoms with Gasteiger partial charge in [-0.25, -0.2) is 0 Å². The summed E-state index contributed by atoms with van der Waals surface area (Å²) < 4.78 is 6.19. The molecule has 2 heteroatoms. The first-order valence-electron chi connectivity index (χ1n) is 8.62. The molecule has 0 bridgehead atoms. The third kappa shape index (κ3) is 3.16. The monoisotopic (exact) mass is 265 g/mol. The summed E-state index contributed by atoms with van der Waals surface area (Å²) in [7, 11) is 2.18. The number of hydrogen-bond donors (Lipinski definition) is 1. The Morgan fingerprint density at radius 3 is 2.53 bits per heavy atom. The van der Waals surface area contributed by atoms with Crippen molar-refractivity contribution in [2.45, 2.75) is 82.3 Å². The van der Waals surface area contributed by atoms with E-state index in [-0.39, 0.29) is 5.60 Å². The molecule has 3 aliphatic rings. The summed E-state index contributed by atoms with van der Waals surface area (Å²) in [6.45, 7) is 1.01. The topological polar surface area (TPSA) is 21.3 Å². The molecule has 2 atom stereocenters. The molecule has 0 aromatic heterocycles. The minimum absolute atomic E-state index is 0.285. The predicted octanol–water partition coefficient (Wildman–Crippen LogP) is 3.89. The lowest BCUT2D eigenvalue weighted by Crippen LogP contribution is -2.45. The van der Waals surface area contributed by atoms with E-state index in [1.807, 2.05) is 0 Å². The summed E-state index contributed by atoms with van der Waals surface area (Å²) in [5, 5.41) is 3.65. The van der Waals surface area contributed by atoms with Gasteiger partial charge >= 0.3 is 0 Å². The van der Waals surface area contributed by atoms with Crippen LogP contribution in [-0.4, -0.2) is 25.3 Å². The van der Waals surface area contributed by atoms with Crippen LogP contribution in [0.3, 0.4) is 0 Å². The summed E-state index contributed by atoms with van der Waals surface area (Å²) in [5.74, 6) is 1.86. The van der Waals surface area contributed by atoms with Gasteiger partial charge in [0.05, 0.1) is 5.60 Å². The maximum atomic E-state index is 6.19. The number of ether oxygens (including phenoxy) is 1. The van der Waals surface area contributed by atoms with Crippen LogP contribution in [0.15, 0.2) is 0 Å². The van der Waals surface area contributed by atoms with E-state index in [1.165, 1.54) is 70.6 Å². The maximum absolute atomic E-state index is 6.19. The summed E-state index contributed by atoms with van der Waals surface area (Å²) >= 11 is 0. The lowest BCUT2D eigenvalue weighted by molar-refractivity contribution is -0.0985. The van der Waals surface area contributed by atoms with E-state index in [9.17, 15) is 0 Å². The molecule has 0 radical (unpaired) electrons. The van der Waals surface area contributed by atoms with Crippen LogP contribution in [0.2, 0.25) is 0 Å². The van der Waals surface area contributed by atoms with Crippen molar-refractivity contribution in [2.24, 2.45) is 11.8 Å². The molecule has 2 nitrogen and oxygen atoms in total. The molecule has 1 spiro atoms. The third-order valence-electron chi connectivity index (χ3n) is 6.05. The fraction of sp³-hybridized carbons (Fsp3) is 1.00. The molecule has 1 aliphatic heterocycles. The van der Waals surface area contributed by atoms with Crippen molar-refractivity contribution in [3.63, 3.8) is 0 Å². The van der Waals surface area contributed by atoms with Crippen LogP contribution in [0.1, 0.15) is 70.6 Å². The third-order valence-corrected chi connectivity index (χ3v) is 6.05. The summed E-state index contributed by atoms with van der Waals surface area (Å²) in [6, 6.07) is 0.740. The maximum Gasteiger partial charge on any atom is 0.0685 e. The quantitative estimate of drug-likeness (QED) is 0.832. The van der Waals surface area contributed by atoms with Gasteiger partial charge in [-0.15, -0.1) is 0 Å². The first-order valence-corrected chi connectivity index (χ1v) is 8.62. The van der Waals surface area contributed by atoms with E-state index < -0.39 is 0 Å². The molecule has 110 valence electrons. The van der Waals surface area contributed by atoms with Gasteiger partial charge < -0.3 is 10.1 Å². The van der Waals surface area contributed by atoms with Gasteiger partial charge in [0.25, 0.3) is 0 Å². The first-order chi connectivity index (χ1) is 9.31. The van der Waals surface area contributed by atoms with Crippen LogP contribution < -0.4 is 5.32 Å². The second kappa shape index (κ2) is 6.13. The van der Waals surface area contributed by atoms with Gasteiger partial charge in [-0.05, 0) is 51.0 Å². The van der Waals surface area contributed by atoms with Crippen LogP contribution in [-0.2, 0) is 4.74 Å². The lowest BCUT2D eigenvalue weighted by atomic mass is 9.78. The highest BCUT2D eigenvalue weighted by atomic mass is 16.5. The SMILES string of the molecule is CNC(CC1CCCC1)C1CCOC2(CCCC2)C1. The Labute approximate surface area is 118 Å². The van der Waals surface area contributed by atoms with Gasteiger partial charge in [-0.3, -0.25) is 0 Å². The van der Waals surface area contributed by atoms with Gasteiger partial charge in [-0.2, -0.15) is 0 Å². The average molecular weight is 265 g/mol. The molecule has 0 aromatic carbocycles. The molecular weight excluding hydrogens is 234 g/mol. The largest absolute Gasteiger partial charge is 0.375 e. The van der Waals surface area contributed by atoms with Crippen molar-refractivity contribution in [1.82, 2.24) is 5.32 Å². The zero-order valence-corrected chi connectivity index (χ0v) is 12.6. The minimum atomic E-state index is 0.285. The highest BCUT2D eigenvalue weighted by Gasteiger charge is 2.42. The van der Waals surface area contributed by atoms with E-state index in [2.05, 4.69) is 12.4 Å². The molecule has 2 saturated carbocycles. The number of nitrogens with one attached hydrogen (secondary N) is 1. The molecule has 2 aliphatic carbocycles. The predicted molar refractivity (Wildman–Crippen MR) is 79.3 cm³/mol. The molecule has 19 heavy (non-hydrogen) atoms. The van der Waals surface area contributed by atoms with Crippen molar-refractivity contribution in [1.29, 1.82) is 0 Å². The fourth-order valence-corrected chi connectivity index (χ4v) is 4.93. The smallest absolute Gasteiger partial charge is 0.0685 e. The van der Waals surface area contributed by atoms with Crippen LogP contribution in [0, 0.1) is 11.8 Å². The number of rotatable bonds is 4. The standard InChI is InChI=1S/C17H31NO/c1-18-16(12-14-6-2-3-7-14)15-8-11-19-17(13-15)9-4-5-10-17/h14-16,18H,2-13H2,1H3. The van der Waals surface area contributed by atoms with Crippen LogP contribution in [0.4, 0.5) is 0 Å². The molecular formula is C17H31NO. The second-order valence-electron chi connectivity index (χ2n) is 7.27. The Morgan fingerprint density at radius 2 is 1.84 bits per heavy atom. The Hall–Kier alpha value is -0.0800. The van der Waals surface area contributed by atoms with E-state index in [0.717, 1.165) is 24.5 Å². The van der Waals surface area contributed by atoms with E-state index >= 15 is 0 Å². The highest BCUT2D eigenvalue weighted by molar-refractivity contribution is 4.94. The average Bonchev–Trinajstić information content (AvgIpc) is 3.08. The molecule has 1 heterocycles. The van der Waals surface area contributed by atoms with Crippen LogP contribution in [0.5, 0.6) is 0 Å². The Bertz CT molecular complexity index is 279. The summed E-state index contributed by atoms with van der Waals surface area (Å²) in [6.07, 6.45) is 15.3. The van der Waals surface area contributed by atoms with Crippen molar-refractivity contribution in [2.75, 3.05) is 13.7 Å². The zero-order chi connectivity index (χ0) is 13.1. The van der Waals surface area contributed by atoms with Crippen molar-refractivity contribution in [3.05, 3.63) is 0 Å². The Kier molecular flexibility index (Phi) is 4.48. The molecule has 1 saturated heterocycles. The molecule has 0 aromatic rings. The molecule has 3 rings (SSSR count). The van der Waals surface area contributed by atoms with Gasteiger partial charge in [0.15, 0.2) is 0 Å².